The number of nitrogens with zero attached hydrogens (tertiary/aromatic N) is 3. The average molecular weight is 296 g/mol. The Morgan fingerprint density at radius 1 is 1.09 bits per heavy atom. The number of hydrogen-bond donors (Lipinski definition) is 0. The predicted octanol–water partition coefficient (Wildman–Crippen LogP) is 1.61. The lowest BCUT2D eigenvalue weighted by molar-refractivity contribution is -0.133. The molecule has 2 heterocycles. The van der Waals surface area contributed by atoms with Gasteiger partial charge in [-0.05, 0) is 30.3 Å². The van der Waals surface area contributed by atoms with Crippen LogP contribution in [0.2, 0.25) is 0 Å². The van der Waals surface area contributed by atoms with Crippen LogP contribution >= 0.6 is 0 Å². The van der Waals surface area contributed by atoms with Gasteiger partial charge in [-0.3, -0.25) is 9.78 Å². The fraction of sp³-hybridized carbons (Fsp3) is 0.294. The molecule has 1 radical (unpaired) electrons. The van der Waals surface area contributed by atoms with Crippen LogP contribution in [0.15, 0.2) is 48.8 Å². The molecule has 5 heteroatoms. The molecule has 1 amide bonds. The van der Waals surface area contributed by atoms with Crippen molar-refractivity contribution in [2.24, 2.45) is 0 Å². The summed E-state index contributed by atoms with van der Waals surface area (Å²) in [5.41, 5.74) is 1.15. The molecule has 0 aliphatic carbocycles. The molecule has 1 aliphatic heterocycles. The van der Waals surface area contributed by atoms with Gasteiger partial charge in [0.25, 0.3) is 5.91 Å². The number of carbonyl (C=O) groups excluding carboxylic acids is 1. The predicted molar refractivity (Wildman–Crippen MR) is 83.8 cm³/mol. The van der Waals surface area contributed by atoms with Crippen LogP contribution in [0.4, 0.5) is 5.69 Å². The topological polar surface area (TPSA) is 45.7 Å². The van der Waals surface area contributed by atoms with E-state index in [1.807, 2.05) is 17.0 Å². The molecule has 1 saturated heterocycles. The van der Waals surface area contributed by atoms with Crippen molar-refractivity contribution in [1.82, 2.24) is 9.88 Å². The average Bonchev–Trinajstić information content (AvgIpc) is 2.61. The van der Waals surface area contributed by atoms with Gasteiger partial charge in [-0.1, -0.05) is 12.1 Å². The van der Waals surface area contributed by atoms with E-state index in [9.17, 15) is 4.79 Å². The maximum atomic E-state index is 12.2. The summed E-state index contributed by atoms with van der Waals surface area (Å²) in [6, 6.07) is 14.0. The zero-order chi connectivity index (χ0) is 15.2. The normalized spacial score (nSPS) is 14.7. The Labute approximate surface area is 130 Å². The molecule has 0 N–H and O–H groups in total. The van der Waals surface area contributed by atoms with E-state index >= 15 is 0 Å². The molecular weight excluding hydrogens is 278 g/mol. The summed E-state index contributed by atoms with van der Waals surface area (Å²) < 4.78 is 5.50. The largest absolute Gasteiger partial charge is 0.484 e. The molecule has 22 heavy (non-hydrogen) atoms. The van der Waals surface area contributed by atoms with Crippen molar-refractivity contribution in [1.29, 1.82) is 0 Å². The number of carbonyl (C=O) groups is 1. The van der Waals surface area contributed by atoms with E-state index in [2.05, 4.69) is 16.0 Å². The molecule has 0 spiro atoms. The Kier molecular flexibility index (Phi) is 4.53. The maximum absolute atomic E-state index is 12.2. The number of anilines is 1. The van der Waals surface area contributed by atoms with Gasteiger partial charge in [-0.25, -0.2) is 0 Å². The van der Waals surface area contributed by atoms with Crippen LogP contribution in [0.3, 0.4) is 0 Å². The van der Waals surface area contributed by atoms with Gasteiger partial charge in [0.05, 0.1) is 0 Å². The molecule has 0 atom stereocenters. The smallest absolute Gasteiger partial charge is 0.260 e. The summed E-state index contributed by atoms with van der Waals surface area (Å²) in [5.74, 6) is 0.727. The van der Waals surface area contributed by atoms with Gasteiger partial charge in [0.1, 0.15) is 5.75 Å². The third kappa shape index (κ3) is 3.55. The fourth-order valence-corrected chi connectivity index (χ4v) is 2.47. The second-order valence-electron chi connectivity index (χ2n) is 5.10. The summed E-state index contributed by atoms with van der Waals surface area (Å²) in [6.07, 6.45) is 3.58. The summed E-state index contributed by atoms with van der Waals surface area (Å²) in [5, 5.41) is 0. The second-order valence-corrected chi connectivity index (χ2v) is 5.10. The maximum Gasteiger partial charge on any atom is 0.260 e. The molecule has 113 valence electrons. The lowest BCUT2D eigenvalue weighted by atomic mass is 10.2. The van der Waals surface area contributed by atoms with Gasteiger partial charge in [0, 0.05) is 44.3 Å². The first-order valence-corrected chi connectivity index (χ1v) is 7.34. The van der Waals surface area contributed by atoms with E-state index in [1.54, 1.807) is 36.7 Å². The van der Waals surface area contributed by atoms with Crippen LogP contribution in [0.1, 0.15) is 0 Å². The standard InChI is InChI=1S/C17H18N3O2/c21-17(14-22-16-4-2-1-3-5-16)20-12-10-19(11-13-20)15-6-8-18-9-7-15/h2-9H,10-14H2. The number of rotatable bonds is 4. The third-order valence-corrected chi connectivity index (χ3v) is 3.71. The van der Waals surface area contributed by atoms with E-state index in [-0.39, 0.29) is 12.5 Å². The quantitative estimate of drug-likeness (QED) is 0.860. The van der Waals surface area contributed by atoms with Crippen molar-refractivity contribution in [3.63, 3.8) is 0 Å². The van der Waals surface area contributed by atoms with Gasteiger partial charge in [0.15, 0.2) is 6.61 Å². The summed E-state index contributed by atoms with van der Waals surface area (Å²) >= 11 is 0. The summed E-state index contributed by atoms with van der Waals surface area (Å²) in [4.78, 5) is 20.3. The van der Waals surface area contributed by atoms with Crippen LogP contribution in [-0.2, 0) is 4.79 Å². The van der Waals surface area contributed by atoms with Gasteiger partial charge in [0.2, 0.25) is 0 Å². The van der Waals surface area contributed by atoms with Crippen LogP contribution in [-0.4, -0.2) is 48.6 Å². The minimum Gasteiger partial charge on any atom is -0.484 e. The Bertz CT molecular complexity index is 596. The van der Waals surface area contributed by atoms with Crippen molar-refractivity contribution in [3.8, 4) is 5.75 Å². The first-order chi connectivity index (χ1) is 10.8. The highest BCUT2D eigenvalue weighted by Crippen LogP contribution is 2.15. The molecule has 1 aromatic carbocycles. The van der Waals surface area contributed by atoms with E-state index in [0.29, 0.717) is 18.8 Å². The lowest BCUT2D eigenvalue weighted by Gasteiger charge is -2.36. The number of ether oxygens (including phenoxy) is 1. The van der Waals surface area contributed by atoms with Gasteiger partial charge in [-0.15, -0.1) is 0 Å². The van der Waals surface area contributed by atoms with Crippen LogP contribution in [0.25, 0.3) is 0 Å². The highest BCUT2D eigenvalue weighted by Gasteiger charge is 2.21. The highest BCUT2D eigenvalue weighted by molar-refractivity contribution is 5.78. The number of hydrogen-bond acceptors (Lipinski definition) is 4. The van der Waals surface area contributed by atoms with Crippen LogP contribution in [0.5, 0.6) is 5.75 Å². The lowest BCUT2D eigenvalue weighted by Crippen LogP contribution is -2.50. The zero-order valence-corrected chi connectivity index (χ0v) is 12.3. The molecule has 2 aromatic rings. The molecule has 1 aromatic heterocycles. The molecule has 3 rings (SSSR count). The van der Waals surface area contributed by atoms with E-state index in [1.165, 1.54) is 0 Å². The minimum absolute atomic E-state index is 0.0298. The Hall–Kier alpha value is -2.56. The first kappa shape index (κ1) is 14.4. The first-order valence-electron chi connectivity index (χ1n) is 7.34. The highest BCUT2D eigenvalue weighted by atomic mass is 16.5. The van der Waals surface area contributed by atoms with Crippen LogP contribution < -0.4 is 9.64 Å². The summed E-state index contributed by atoms with van der Waals surface area (Å²) in [6.45, 7) is 3.17. The SMILES string of the molecule is O=C(COc1cc[c]cc1)N1CCN(c2ccncc2)CC1. The molecular formula is C17H18N3O2. The molecule has 0 bridgehead atoms. The Morgan fingerprint density at radius 3 is 2.45 bits per heavy atom. The molecule has 1 fully saturated rings. The van der Waals surface area contributed by atoms with Crippen molar-refractivity contribution < 1.29 is 9.53 Å². The van der Waals surface area contributed by atoms with Gasteiger partial charge >= 0.3 is 0 Å². The van der Waals surface area contributed by atoms with E-state index in [0.717, 1.165) is 18.8 Å². The Morgan fingerprint density at radius 2 is 1.77 bits per heavy atom. The van der Waals surface area contributed by atoms with E-state index < -0.39 is 0 Å². The zero-order valence-electron chi connectivity index (χ0n) is 12.3. The number of aromatic nitrogens is 1. The van der Waals surface area contributed by atoms with E-state index in [4.69, 9.17) is 4.74 Å². The van der Waals surface area contributed by atoms with Crippen molar-refractivity contribution in [3.05, 3.63) is 54.9 Å². The molecule has 1 aliphatic rings. The monoisotopic (exact) mass is 296 g/mol. The number of benzene rings is 1. The van der Waals surface area contributed by atoms with Gasteiger partial charge < -0.3 is 14.5 Å². The minimum atomic E-state index is 0.0298. The van der Waals surface area contributed by atoms with Crippen molar-refractivity contribution in [2.75, 3.05) is 37.7 Å². The van der Waals surface area contributed by atoms with Crippen LogP contribution in [0, 0.1) is 6.07 Å². The van der Waals surface area contributed by atoms with Crippen molar-refractivity contribution in [2.45, 2.75) is 0 Å². The number of pyridine rings is 1. The van der Waals surface area contributed by atoms with Crippen molar-refractivity contribution >= 4 is 11.6 Å². The summed E-state index contributed by atoms with van der Waals surface area (Å²) in [7, 11) is 0. The Balaban J connectivity index is 1.48. The third-order valence-electron chi connectivity index (χ3n) is 3.71. The number of piperazine rings is 1. The molecule has 0 saturated carbocycles. The molecule has 0 unspecified atom stereocenters. The second kappa shape index (κ2) is 6.93. The van der Waals surface area contributed by atoms with Gasteiger partial charge in [-0.2, -0.15) is 0 Å². The number of amides is 1. The fourth-order valence-electron chi connectivity index (χ4n) is 2.47. The molecule has 5 nitrogen and oxygen atoms in total.